The van der Waals surface area contributed by atoms with Crippen LogP contribution < -0.4 is 4.74 Å². The molecule has 3 aromatic carbocycles. The zero-order valence-corrected chi connectivity index (χ0v) is 25.8. The third-order valence-electron chi connectivity index (χ3n) is 11.5. The highest BCUT2D eigenvalue weighted by Gasteiger charge is 2.73. The van der Waals surface area contributed by atoms with Gasteiger partial charge in [-0.3, -0.25) is 9.88 Å². The van der Waals surface area contributed by atoms with Crippen LogP contribution in [0.4, 0.5) is 4.39 Å². The summed E-state index contributed by atoms with van der Waals surface area (Å²) in [6, 6.07) is 22.0. The predicted molar refractivity (Wildman–Crippen MR) is 171 cm³/mol. The van der Waals surface area contributed by atoms with E-state index in [-0.39, 0.29) is 23.7 Å². The highest BCUT2D eigenvalue weighted by molar-refractivity contribution is 5.69. The fraction of sp³-hybridized carbons (Fsp3) is 0.410. The summed E-state index contributed by atoms with van der Waals surface area (Å²) in [4.78, 5) is 7.85. The van der Waals surface area contributed by atoms with E-state index in [9.17, 15) is 9.50 Å². The molecule has 1 aromatic heterocycles. The number of rotatable bonds is 8. The summed E-state index contributed by atoms with van der Waals surface area (Å²) in [5.74, 6) is 1.36. The van der Waals surface area contributed by atoms with E-state index in [1.807, 2.05) is 25.3 Å². The average molecular weight is 603 g/mol. The number of aromatic hydroxyl groups is 1. The number of phenolic OH excluding ortho intramolecular Hbond substituents is 1. The van der Waals surface area contributed by atoms with Crippen LogP contribution in [0, 0.1) is 18.7 Å². The van der Waals surface area contributed by atoms with Gasteiger partial charge in [0.25, 0.3) is 0 Å². The number of benzene rings is 3. The van der Waals surface area contributed by atoms with Gasteiger partial charge < -0.3 is 14.6 Å². The molecule has 2 fully saturated rings. The number of halogens is 1. The maximum absolute atomic E-state index is 14.0. The second kappa shape index (κ2) is 10.1. The molecular weight excluding hydrogens is 563 g/mol. The van der Waals surface area contributed by atoms with Gasteiger partial charge in [0.2, 0.25) is 0 Å². The largest absolute Gasteiger partial charge is 0.504 e. The van der Waals surface area contributed by atoms with Gasteiger partial charge in [-0.1, -0.05) is 42.5 Å². The molecule has 9 rings (SSSR count). The minimum absolute atomic E-state index is 0.196. The highest BCUT2D eigenvalue weighted by atomic mass is 19.1. The van der Waals surface area contributed by atoms with E-state index in [0.717, 1.165) is 84.6 Å². The van der Waals surface area contributed by atoms with Crippen LogP contribution in [0.2, 0.25) is 0 Å². The molecule has 5 nitrogen and oxygen atoms in total. The molecule has 1 N–H and O–H groups in total. The first-order valence-corrected chi connectivity index (χ1v) is 16.7. The first kappa shape index (κ1) is 27.6. The van der Waals surface area contributed by atoms with E-state index in [0.29, 0.717) is 12.4 Å². The number of aryl methyl sites for hydroxylation is 2. The second-order valence-electron chi connectivity index (χ2n) is 14.1. The van der Waals surface area contributed by atoms with Crippen LogP contribution >= 0.6 is 0 Å². The van der Waals surface area contributed by atoms with Crippen LogP contribution in [0.25, 0.3) is 11.1 Å². The zero-order chi connectivity index (χ0) is 30.3. The molecule has 4 aromatic rings. The van der Waals surface area contributed by atoms with Crippen molar-refractivity contribution in [2.45, 2.75) is 75.0 Å². The molecule has 3 heterocycles. The molecule has 2 bridgehead atoms. The molecular formula is C39H39FN2O3. The molecule has 4 atom stereocenters. The Labute approximate surface area is 264 Å². The lowest BCUT2D eigenvalue weighted by Crippen LogP contribution is -2.75. The van der Waals surface area contributed by atoms with Crippen LogP contribution in [0.1, 0.15) is 65.3 Å². The number of aromatic nitrogens is 1. The van der Waals surface area contributed by atoms with Crippen molar-refractivity contribution < 1.29 is 19.0 Å². The van der Waals surface area contributed by atoms with Gasteiger partial charge in [-0.25, -0.2) is 4.39 Å². The topological polar surface area (TPSA) is 54.8 Å². The molecule has 1 saturated carbocycles. The first-order chi connectivity index (χ1) is 22.0. The quantitative estimate of drug-likeness (QED) is 0.215. The monoisotopic (exact) mass is 602 g/mol. The van der Waals surface area contributed by atoms with Crippen molar-refractivity contribution in [2.75, 3.05) is 19.7 Å². The first-order valence-electron chi connectivity index (χ1n) is 16.7. The maximum atomic E-state index is 14.0. The number of ether oxygens (including phenoxy) is 2. The minimum atomic E-state index is -0.529. The van der Waals surface area contributed by atoms with Crippen LogP contribution in [0.15, 0.2) is 72.9 Å². The number of piperidine rings is 1. The number of nitrogens with zero attached hydrogens (tertiary/aromatic N) is 2. The van der Waals surface area contributed by atoms with Gasteiger partial charge in [0.15, 0.2) is 17.6 Å². The molecule has 0 amide bonds. The summed E-state index contributed by atoms with van der Waals surface area (Å²) in [6.45, 7) is 4.71. The van der Waals surface area contributed by atoms with E-state index in [2.05, 4.69) is 47.4 Å². The summed E-state index contributed by atoms with van der Waals surface area (Å²) in [5.41, 5.74) is 7.74. The summed E-state index contributed by atoms with van der Waals surface area (Å²) in [6.07, 6.45) is 8.62. The van der Waals surface area contributed by atoms with Crippen LogP contribution in [-0.4, -0.2) is 46.3 Å². The molecule has 6 heteroatoms. The minimum Gasteiger partial charge on any atom is -0.504 e. The van der Waals surface area contributed by atoms with Crippen molar-refractivity contribution in [3.63, 3.8) is 0 Å². The van der Waals surface area contributed by atoms with Crippen molar-refractivity contribution in [1.82, 2.24) is 9.88 Å². The van der Waals surface area contributed by atoms with Crippen molar-refractivity contribution in [3.05, 3.63) is 112 Å². The Morgan fingerprint density at radius 1 is 1.07 bits per heavy atom. The molecule has 45 heavy (non-hydrogen) atoms. The van der Waals surface area contributed by atoms with Gasteiger partial charge in [0.1, 0.15) is 11.4 Å². The Hall–Kier alpha value is -3.74. The van der Waals surface area contributed by atoms with E-state index in [1.54, 1.807) is 6.07 Å². The van der Waals surface area contributed by atoms with Gasteiger partial charge in [0.05, 0.1) is 11.1 Å². The van der Waals surface area contributed by atoms with Gasteiger partial charge >= 0.3 is 0 Å². The Morgan fingerprint density at radius 2 is 1.93 bits per heavy atom. The standard InChI is InChI=1S/C39H39FN2O3/c1-24-18-30(40)12-13-31(24)29-19-28-21-39(44-17-5-8-25-6-3-2-4-7-25)33-20-27-11-14-32(43)36-34(27)38(39,37(45-36)35(28)41-22-29)15-16-42(33)23-26-9-10-26/h2-4,6-7,11-14,18-19,22,26,33,37,43H,5,8-10,15-17,20-21,23H2,1H3/t33-,37+,38+,39-/m1/s1. The third-order valence-corrected chi connectivity index (χ3v) is 11.5. The van der Waals surface area contributed by atoms with Crippen molar-refractivity contribution in [2.24, 2.45) is 5.92 Å². The van der Waals surface area contributed by atoms with Crippen molar-refractivity contribution in [3.8, 4) is 22.6 Å². The Kier molecular flexibility index (Phi) is 6.21. The van der Waals surface area contributed by atoms with E-state index in [1.165, 1.54) is 30.0 Å². The van der Waals surface area contributed by atoms with Gasteiger partial charge in [-0.15, -0.1) is 0 Å². The average Bonchev–Trinajstić information content (AvgIpc) is 3.79. The fourth-order valence-electron chi connectivity index (χ4n) is 9.36. The second-order valence-corrected chi connectivity index (χ2v) is 14.1. The number of hydrogen-bond acceptors (Lipinski definition) is 5. The molecule has 2 aliphatic heterocycles. The number of pyridine rings is 1. The van der Waals surface area contributed by atoms with Crippen LogP contribution in [0.5, 0.6) is 11.5 Å². The number of likely N-dealkylation sites (tertiary alicyclic amines) is 1. The molecule has 230 valence electrons. The lowest BCUT2D eigenvalue weighted by atomic mass is 9.48. The third kappa shape index (κ3) is 4.07. The molecule has 0 radical (unpaired) electrons. The number of fused-ring (bicyclic) bond motifs is 2. The zero-order valence-electron chi connectivity index (χ0n) is 25.8. The molecule has 5 aliphatic rings. The normalized spacial score (nSPS) is 27.5. The number of hydrogen-bond donors (Lipinski definition) is 1. The summed E-state index contributed by atoms with van der Waals surface area (Å²) in [7, 11) is 0. The summed E-state index contributed by atoms with van der Waals surface area (Å²) in [5, 5.41) is 11.2. The van der Waals surface area contributed by atoms with Gasteiger partial charge in [-0.05, 0) is 110 Å². The maximum Gasteiger partial charge on any atom is 0.166 e. The summed E-state index contributed by atoms with van der Waals surface area (Å²) >= 11 is 0. The Bertz CT molecular complexity index is 1810. The summed E-state index contributed by atoms with van der Waals surface area (Å²) < 4.78 is 28.4. The molecule has 1 spiro atoms. The number of phenols is 1. The lowest BCUT2D eigenvalue weighted by Gasteiger charge is -2.64. The fourth-order valence-corrected chi connectivity index (χ4v) is 9.36. The van der Waals surface area contributed by atoms with E-state index in [4.69, 9.17) is 14.5 Å². The Balaban J connectivity index is 1.19. The SMILES string of the molecule is Cc1cc(F)ccc1-c1cnc2c(c1)C[C@@]1(OCCCc3ccccc3)[C@H]3Cc4ccc(O)c5c4[C@@]1(CCN3CC1CC1)[C@H]2O5. The van der Waals surface area contributed by atoms with Gasteiger partial charge in [-0.2, -0.15) is 0 Å². The molecule has 3 aliphatic carbocycles. The molecule has 1 saturated heterocycles. The Morgan fingerprint density at radius 3 is 2.76 bits per heavy atom. The van der Waals surface area contributed by atoms with Crippen LogP contribution in [-0.2, 0) is 29.4 Å². The lowest BCUT2D eigenvalue weighted by molar-refractivity contribution is -0.205. The van der Waals surface area contributed by atoms with Crippen LogP contribution in [0.3, 0.4) is 0 Å². The van der Waals surface area contributed by atoms with E-state index < -0.39 is 11.0 Å². The van der Waals surface area contributed by atoms with Crippen molar-refractivity contribution in [1.29, 1.82) is 0 Å². The van der Waals surface area contributed by atoms with Gasteiger partial charge in [0, 0.05) is 42.9 Å². The highest BCUT2D eigenvalue weighted by Crippen LogP contribution is 2.69. The predicted octanol–water partition coefficient (Wildman–Crippen LogP) is 7.26. The molecule has 0 unspecified atom stereocenters. The van der Waals surface area contributed by atoms with Crippen molar-refractivity contribution >= 4 is 0 Å². The smallest absolute Gasteiger partial charge is 0.166 e. The van der Waals surface area contributed by atoms with E-state index >= 15 is 0 Å².